The first-order chi connectivity index (χ1) is 10.8. The molecule has 2 aromatic carbocycles. The summed E-state index contributed by atoms with van der Waals surface area (Å²) in [5, 5.41) is 2.24. The third-order valence-electron chi connectivity index (χ3n) is 3.69. The molecule has 1 fully saturated rings. The van der Waals surface area contributed by atoms with Gasteiger partial charge in [-0.3, -0.25) is 0 Å². The van der Waals surface area contributed by atoms with Gasteiger partial charge in [0.2, 0.25) is 0 Å². The average Bonchev–Trinajstić information content (AvgIpc) is 2.58. The molecular weight excluding hydrogens is 305 g/mol. The first kappa shape index (κ1) is 15.3. The van der Waals surface area contributed by atoms with E-state index in [4.69, 9.17) is 21.1 Å². The number of morpholine rings is 1. The molecular formula is C17H18ClFNO2+. The topological polar surface area (TPSA) is 35.1 Å². The number of nitrogens with two attached hydrogens (primary N) is 1. The van der Waals surface area contributed by atoms with Crippen LogP contribution in [0.5, 0.6) is 5.75 Å². The van der Waals surface area contributed by atoms with Gasteiger partial charge in [-0.25, -0.2) is 4.39 Å². The summed E-state index contributed by atoms with van der Waals surface area (Å²) >= 11 is 5.84. The van der Waals surface area contributed by atoms with E-state index in [1.165, 1.54) is 6.07 Å². The van der Waals surface area contributed by atoms with Gasteiger partial charge in [-0.15, -0.1) is 0 Å². The fourth-order valence-corrected chi connectivity index (χ4v) is 2.74. The molecule has 2 atom stereocenters. The van der Waals surface area contributed by atoms with Crippen LogP contribution in [-0.2, 0) is 4.74 Å². The van der Waals surface area contributed by atoms with E-state index in [2.05, 4.69) is 5.32 Å². The molecule has 3 nitrogen and oxygen atoms in total. The Bertz CT molecular complexity index is 617. The molecule has 116 valence electrons. The SMILES string of the molecule is Fc1c(Cl)cccc1O[C@@H](c1ccccc1)[C@@H]1C[NH2+]CCO1. The number of rotatable bonds is 4. The van der Waals surface area contributed by atoms with Gasteiger partial charge in [0, 0.05) is 0 Å². The minimum atomic E-state index is -0.537. The van der Waals surface area contributed by atoms with Crippen molar-refractivity contribution in [3.8, 4) is 5.75 Å². The van der Waals surface area contributed by atoms with Crippen LogP contribution in [-0.4, -0.2) is 25.8 Å². The van der Waals surface area contributed by atoms with Crippen molar-refractivity contribution < 1.29 is 19.2 Å². The summed E-state index contributed by atoms with van der Waals surface area (Å²) < 4.78 is 25.9. The third-order valence-corrected chi connectivity index (χ3v) is 3.98. The Labute approximate surface area is 134 Å². The number of benzene rings is 2. The maximum absolute atomic E-state index is 14.1. The minimum Gasteiger partial charge on any atom is -0.480 e. The highest BCUT2D eigenvalue weighted by molar-refractivity contribution is 6.30. The maximum atomic E-state index is 14.1. The summed E-state index contributed by atoms with van der Waals surface area (Å²) in [4.78, 5) is 0. The van der Waals surface area contributed by atoms with Gasteiger partial charge in [-0.1, -0.05) is 48.0 Å². The molecule has 3 rings (SSSR count). The van der Waals surface area contributed by atoms with E-state index < -0.39 is 5.82 Å². The first-order valence-electron chi connectivity index (χ1n) is 7.34. The smallest absolute Gasteiger partial charge is 0.183 e. The Hall–Kier alpha value is -1.62. The molecule has 5 heteroatoms. The standard InChI is InChI=1S/C17H17ClFNO2/c18-13-7-4-8-14(16(13)19)22-17(12-5-2-1-3-6-12)15-11-20-9-10-21-15/h1-8,15,17,20H,9-11H2/p+1/t15-,17-/m0/s1. The van der Waals surface area contributed by atoms with Crippen LogP contribution in [0.3, 0.4) is 0 Å². The number of ether oxygens (including phenoxy) is 2. The average molecular weight is 323 g/mol. The molecule has 0 bridgehead atoms. The van der Waals surface area contributed by atoms with Gasteiger partial charge in [-0.2, -0.15) is 0 Å². The lowest BCUT2D eigenvalue weighted by atomic mass is 10.0. The molecule has 0 aromatic heterocycles. The first-order valence-corrected chi connectivity index (χ1v) is 7.72. The van der Waals surface area contributed by atoms with Crippen molar-refractivity contribution >= 4 is 11.6 Å². The fourth-order valence-electron chi connectivity index (χ4n) is 2.58. The summed E-state index contributed by atoms with van der Waals surface area (Å²) in [6, 6.07) is 14.5. The van der Waals surface area contributed by atoms with Crippen molar-refractivity contribution in [2.75, 3.05) is 19.7 Å². The van der Waals surface area contributed by atoms with E-state index in [0.29, 0.717) is 6.61 Å². The Morgan fingerprint density at radius 2 is 2.00 bits per heavy atom. The Morgan fingerprint density at radius 3 is 2.73 bits per heavy atom. The molecule has 2 N–H and O–H groups in total. The molecule has 22 heavy (non-hydrogen) atoms. The molecule has 1 aliphatic rings. The summed E-state index contributed by atoms with van der Waals surface area (Å²) in [6.45, 7) is 2.38. The summed E-state index contributed by atoms with van der Waals surface area (Å²) in [6.07, 6.45) is -0.500. The van der Waals surface area contributed by atoms with Gasteiger partial charge >= 0.3 is 0 Å². The second-order valence-corrected chi connectivity index (χ2v) is 5.63. The van der Waals surface area contributed by atoms with Crippen molar-refractivity contribution in [3.63, 3.8) is 0 Å². The van der Waals surface area contributed by atoms with Crippen molar-refractivity contribution in [1.82, 2.24) is 0 Å². The number of quaternary nitrogens is 1. The third kappa shape index (κ3) is 3.40. The van der Waals surface area contributed by atoms with Crippen molar-refractivity contribution in [2.24, 2.45) is 0 Å². The molecule has 0 aliphatic carbocycles. The van der Waals surface area contributed by atoms with E-state index in [1.807, 2.05) is 30.3 Å². The zero-order valence-electron chi connectivity index (χ0n) is 12.0. The van der Waals surface area contributed by atoms with E-state index in [-0.39, 0.29) is 23.0 Å². The van der Waals surface area contributed by atoms with Crippen molar-refractivity contribution in [1.29, 1.82) is 0 Å². The summed E-state index contributed by atoms with van der Waals surface area (Å²) in [7, 11) is 0. The highest BCUT2D eigenvalue weighted by Crippen LogP contribution is 2.31. The number of hydrogen-bond donors (Lipinski definition) is 1. The number of hydrogen-bond acceptors (Lipinski definition) is 2. The van der Waals surface area contributed by atoms with E-state index >= 15 is 0 Å². The maximum Gasteiger partial charge on any atom is 0.183 e. The van der Waals surface area contributed by atoms with E-state index in [9.17, 15) is 4.39 Å². The van der Waals surface area contributed by atoms with Crippen LogP contribution in [0, 0.1) is 5.82 Å². The van der Waals surface area contributed by atoms with Crippen molar-refractivity contribution in [3.05, 3.63) is 64.9 Å². The highest BCUT2D eigenvalue weighted by atomic mass is 35.5. The number of halogens is 2. The molecule has 1 aliphatic heterocycles. The molecule has 1 saturated heterocycles. The molecule has 1 heterocycles. The van der Waals surface area contributed by atoms with Crippen LogP contribution in [0.2, 0.25) is 5.02 Å². The Kier molecular flexibility index (Phi) is 4.93. The van der Waals surface area contributed by atoms with Gasteiger partial charge in [0.25, 0.3) is 0 Å². The largest absolute Gasteiger partial charge is 0.480 e. The zero-order valence-corrected chi connectivity index (χ0v) is 12.8. The van der Waals surface area contributed by atoms with Gasteiger partial charge in [0.15, 0.2) is 17.7 Å². The van der Waals surface area contributed by atoms with Gasteiger partial charge in [-0.05, 0) is 17.7 Å². The second kappa shape index (κ2) is 7.09. The predicted molar refractivity (Wildman–Crippen MR) is 82.6 cm³/mol. The van der Waals surface area contributed by atoms with Gasteiger partial charge in [0.05, 0.1) is 18.2 Å². The van der Waals surface area contributed by atoms with E-state index in [0.717, 1.165) is 18.7 Å². The van der Waals surface area contributed by atoms with Crippen LogP contribution >= 0.6 is 11.6 Å². The summed E-state index contributed by atoms with van der Waals surface area (Å²) in [5.74, 6) is -0.389. The van der Waals surface area contributed by atoms with Crippen LogP contribution in [0.15, 0.2) is 48.5 Å². The van der Waals surface area contributed by atoms with Crippen LogP contribution in [0.25, 0.3) is 0 Å². The Morgan fingerprint density at radius 1 is 1.18 bits per heavy atom. The predicted octanol–water partition coefficient (Wildman–Crippen LogP) is 2.56. The molecule has 0 radical (unpaired) electrons. The van der Waals surface area contributed by atoms with Gasteiger partial charge < -0.3 is 14.8 Å². The van der Waals surface area contributed by atoms with Crippen LogP contribution in [0.4, 0.5) is 4.39 Å². The lowest BCUT2D eigenvalue weighted by molar-refractivity contribution is -0.678. The zero-order chi connectivity index (χ0) is 15.4. The second-order valence-electron chi connectivity index (χ2n) is 5.22. The van der Waals surface area contributed by atoms with Crippen molar-refractivity contribution in [2.45, 2.75) is 12.2 Å². The molecule has 2 aromatic rings. The molecule has 0 saturated carbocycles. The molecule has 0 amide bonds. The normalized spacial score (nSPS) is 19.6. The van der Waals surface area contributed by atoms with Gasteiger partial charge in [0.1, 0.15) is 12.6 Å². The molecule has 0 unspecified atom stereocenters. The fraction of sp³-hybridized carbons (Fsp3) is 0.294. The summed E-state index contributed by atoms with van der Waals surface area (Å²) in [5.41, 5.74) is 0.960. The Balaban J connectivity index is 1.89. The monoisotopic (exact) mass is 322 g/mol. The van der Waals surface area contributed by atoms with Crippen LogP contribution in [0.1, 0.15) is 11.7 Å². The van der Waals surface area contributed by atoms with Crippen LogP contribution < -0.4 is 10.1 Å². The highest BCUT2D eigenvalue weighted by Gasteiger charge is 2.30. The quantitative estimate of drug-likeness (QED) is 0.939. The lowest BCUT2D eigenvalue weighted by Crippen LogP contribution is -2.90. The van der Waals surface area contributed by atoms with E-state index in [1.54, 1.807) is 12.1 Å². The minimum absolute atomic E-state index is 0.0560. The molecule has 0 spiro atoms. The lowest BCUT2D eigenvalue weighted by Gasteiger charge is -2.30.